The van der Waals surface area contributed by atoms with Crippen LogP contribution in [0.25, 0.3) is 0 Å². The van der Waals surface area contributed by atoms with Crippen molar-refractivity contribution in [1.29, 1.82) is 0 Å². The van der Waals surface area contributed by atoms with Crippen molar-refractivity contribution < 1.29 is 14.3 Å². The minimum absolute atomic E-state index is 0.107. The molecule has 1 N–H and O–H groups in total. The van der Waals surface area contributed by atoms with E-state index in [0.29, 0.717) is 12.0 Å². The Hall–Kier alpha value is -0.613. The van der Waals surface area contributed by atoms with Crippen LogP contribution in [0.1, 0.15) is 20.3 Å². The molecule has 0 fully saturated rings. The second-order valence-electron chi connectivity index (χ2n) is 4.47. The van der Waals surface area contributed by atoms with Crippen LogP contribution in [0, 0.1) is 0 Å². The van der Waals surface area contributed by atoms with Gasteiger partial charge in [-0.1, -0.05) is 6.08 Å². The van der Waals surface area contributed by atoms with Crippen LogP contribution in [-0.4, -0.2) is 25.5 Å². The Kier molecular flexibility index (Phi) is 5.08. The molecule has 0 aromatic rings. The molecule has 0 spiro atoms. The summed E-state index contributed by atoms with van der Waals surface area (Å²) in [6, 6.07) is 0. The van der Waals surface area contributed by atoms with Crippen molar-refractivity contribution in [3.63, 3.8) is 0 Å². The summed E-state index contributed by atoms with van der Waals surface area (Å²) in [4.78, 5) is 10.5. The van der Waals surface area contributed by atoms with E-state index in [1.807, 2.05) is 6.92 Å². The lowest BCUT2D eigenvalue weighted by molar-refractivity contribution is -0.132. The monoisotopic (exact) mass is 216 g/mol. The van der Waals surface area contributed by atoms with E-state index >= 15 is 0 Å². The van der Waals surface area contributed by atoms with Gasteiger partial charge in [-0.2, -0.15) is 0 Å². The van der Waals surface area contributed by atoms with Gasteiger partial charge in [0.1, 0.15) is 0 Å². The molecule has 1 atom stereocenters. The van der Waals surface area contributed by atoms with Crippen LogP contribution < -0.4 is 0 Å². The standard InChI is InChI=1S/C10H20O3Si/c1-8(10(11)12)6-7-9(2)13-14(3,4)5/h6,9H,7H2,1-5H3,(H,11,12). The van der Waals surface area contributed by atoms with E-state index in [1.54, 1.807) is 13.0 Å². The predicted molar refractivity (Wildman–Crippen MR) is 59.9 cm³/mol. The smallest absolute Gasteiger partial charge is 0.330 e. The lowest BCUT2D eigenvalue weighted by Gasteiger charge is -2.22. The maximum absolute atomic E-state index is 10.5. The maximum Gasteiger partial charge on any atom is 0.330 e. The molecule has 82 valence electrons. The minimum atomic E-state index is -1.50. The fourth-order valence-electron chi connectivity index (χ4n) is 1.08. The van der Waals surface area contributed by atoms with Gasteiger partial charge < -0.3 is 9.53 Å². The van der Waals surface area contributed by atoms with Crippen molar-refractivity contribution in [2.45, 2.75) is 46.0 Å². The molecular weight excluding hydrogens is 196 g/mol. The molecule has 0 aliphatic carbocycles. The van der Waals surface area contributed by atoms with Gasteiger partial charge in [-0.15, -0.1) is 0 Å². The highest BCUT2D eigenvalue weighted by molar-refractivity contribution is 6.69. The molecule has 0 aromatic heterocycles. The van der Waals surface area contributed by atoms with Gasteiger partial charge in [0.25, 0.3) is 0 Å². The van der Waals surface area contributed by atoms with Crippen molar-refractivity contribution in [3.8, 4) is 0 Å². The average Bonchev–Trinajstić information content (AvgIpc) is 1.96. The fourth-order valence-corrected chi connectivity index (χ4v) is 2.39. The number of carbonyl (C=O) groups is 1. The SMILES string of the molecule is CC(=CCC(C)O[Si](C)(C)C)C(=O)O. The molecule has 3 nitrogen and oxygen atoms in total. The molecule has 14 heavy (non-hydrogen) atoms. The average molecular weight is 216 g/mol. The first-order valence-corrected chi connectivity index (χ1v) is 8.21. The zero-order valence-corrected chi connectivity index (χ0v) is 10.6. The maximum atomic E-state index is 10.5. The number of rotatable bonds is 5. The van der Waals surface area contributed by atoms with Crippen molar-refractivity contribution in [3.05, 3.63) is 11.6 Å². The first-order chi connectivity index (χ1) is 6.22. The molecule has 0 saturated heterocycles. The molecular formula is C10H20O3Si. The zero-order valence-electron chi connectivity index (χ0n) is 9.63. The first-order valence-electron chi connectivity index (χ1n) is 4.80. The largest absolute Gasteiger partial charge is 0.478 e. The van der Waals surface area contributed by atoms with Gasteiger partial charge in [0.2, 0.25) is 0 Å². The molecule has 4 heteroatoms. The zero-order chi connectivity index (χ0) is 11.4. The summed E-state index contributed by atoms with van der Waals surface area (Å²) in [5.41, 5.74) is 0.385. The number of hydrogen-bond acceptors (Lipinski definition) is 2. The third-order valence-corrected chi connectivity index (χ3v) is 2.76. The Morgan fingerprint density at radius 3 is 2.36 bits per heavy atom. The summed E-state index contributed by atoms with van der Waals surface area (Å²) in [7, 11) is -1.50. The third kappa shape index (κ3) is 6.86. The minimum Gasteiger partial charge on any atom is -0.478 e. The van der Waals surface area contributed by atoms with Gasteiger partial charge in [-0.05, 0) is 39.9 Å². The van der Waals surface area contributed by atoms with Gasteiger partial charge in [-0.25, -0.2) is 4.79 Å². The highest BCUT2D eigenvalue weighted by Crippen LogP contribution is 2.10. The van der Waals surface area contributed by atoms with Crippen molar-refractivity contribution >= 4 is 14.3 Å². The lowest BCUT2D eigenvalue weighted by Crippen LogP contribution is -2.30. The molecule has 0 aliphatic heterocycles. The number of carboxylic acids is 1. The molecule has 0 heterocycles. The summed E-state index contributed by atoms with van der Waals surface area (Å²) in [5.74, 6) is -0.856. The molecule has 1 unspecified atom stereocenters. The molecule has 0 saturated carbocycles. The van der Waals surface area contributed by atoms with Crippen LogP contribution in [0.15, 0.2) is 11.6 Å². The highest BCUT2D eigenvalue weighted by atomic mass is 28.4. The van der Waals surface area contributed by atoms with Crippen molar-refractivity contribution in [2.75, 3.05) is 0 Å². The van der Waals surface area contributed by atoms with E-state index in [4.69, 9.17) is 9.53 Å². The Balaban J connectivity index is 4.03. The highest BCUT2D eigenvalue weighted by Gasteiger charge is 2.17. The topological polar surface area (TPSA) is 46.5 Å². The summed E-state index contributed by atoms with van der Waals surface area (Å²) in [5, 5.41) is 8.63. The molecule has 0 rings (SSSR count). The Labute approximate surface area is 86.9 Å². The van der Waals surface area contributed by atoms with Crippen LogP contribution in [0.5, 0.6) is 0 Å². The Morgan fingerprint density at radius 2 is 2.00 bits per heavy atom. The number of aliphatic carboxylic acids is 1. The molecule has 0 aliphatic rings. The molecule has 0 aromatic carbocycles. The summed E-state index contributed by atoms with van der Waals surface area (Å²) >= 11 is 0. The Bertz CT molecular complexity index is 228. The van der Waals surface area contributed by atoms with Gasteiger partial charge in [-0.3, -0.25) is 0 Å². The first kappa shape index (κ1) is 13.4. The van der Waals surface area contributed by atoms with Gasteiger partial charge >= 0.3 is 5.97 Å². The van der Waals surface area contributed by atoms with E-state index in [2.05, 4.69) is 19.6 Å². The second kappa shape index (κ2) is 5.31. The van der Waals surface area contributed by atoms with E-state index in [0.717, 1.165) is 0 Å². The molecule has 0 amide bonds. The van der Waals surface area contributed by atoms with E-state index < -0.39 is 14.3 Å². The third-order valence-electron chi connectivity index (χ3n) is 1.65. The number of carboxylic acid groups (broad SMARTS) is 1. The summed E-state index contributed by atoms with van der Waals surface area (Å²) in [6.45, 7) is 9.94. The quantitative estimate of drug-likeness (QED) is 0.567. The molecule has 0 radical (unpaired) electrons. The van der Waals surface area contributed by atoms with Crippen LogP contribution in [0.3, 0.4) is 0 Å². The lowest BCUT2D eigenvalue weighted by atomic mass is 10.2. The van der Waals surface area contributed by atoms with E-state index in [9.17, 15) is 4.79 Å². The van der Waals surface area contributed by atoms with Crippen LogP contribution >= 0.6 is 0 Å². The van der Waals surface area contributed by atoms with Gasteiger partial charge in [0.05, 0.1) is 0 Å². The predicted octanol–water partition coefficient (Wildman–Crippen LogP) is 2.65. The van der Waals surface area contributed by atoms with Crippen molar-refractivity contribution in [2.24, 2.45) is 0 Å². The second-order valence-corrected chi connectivity index (χ2v) is 8.93. The van der Waals surface area contributed by atoms with E-state index in [1.165, 1.54) is 0 Å². The Morgan fingerprint density at radius 1 is 1.50 bits per heavy atom. The fraction of sp³-hybridized carbons (Fsp3) is 0.700. The van der Waals surface area contributed by atoms with Crippen LogP contribution in [-0.2, 0) is 9.22 Å². The van der Waals surface area contributed by atoms with Crippen LogP contribution in [0.2, 0.25) is 19.6 Å². The van der Waals surface area contributed by atoms with E-state index in [-0.39, 0.29) is 6.10 Å². The summed E-state index contributed by atoms with van der Waals surface area (Å²) < 4.78 is 5.77. The van der Waals surface area contributed by atoms with Crippen molar-refractivity contribution in [1.82, 2.24) is 0 Å². The normalized spacial score (nSPS) is 15.4. The number of hydrogen-bond donors (Lipinski definition) is 1. The molecule has 0 bridgehead atoms. The van der Waals surface area contributed by atoms with Gasteiger partial charge in [0.15, 0.2) is 8.32 Å². The van der Waals surface area contributed by atoms with Crippen LogP contribution in [0.4, 0.5) is 0 Å². The summed E-state index contributed by atoms with van der Waals surface area (Å²) in [6.07, 6.45) is 2.49. The van der Waals surface area contributed by atoms with Gasteiger partial charge in [0, 0.05) is 11.7 Å².